The number of nitrogens with zero attached hydrogens (tertiary/aromatic N) is 1. The first kappa shape index (κ1) is 16.9. The average molecular weight is 352 g/mol. The van der Waals surface area contributed by atoms with Crippen LogP contribution in [0.25, 0.3) is 0 Å². The molecule has 7 heteroatoms. The summed E-state index contributed by atoms with van der Waals surface area (Å²) in [5.41, 5.74) is 0.934. The van der Waals surface area contributed by atoms with Gasteiger partial charge in [-0.3, -0.25) is 9.59 Å². The van der Waals surface area contributed by atoms with E-state index in [4.69, 9.17) is 16.3 Å². The Labute approximate surface area is 146 Å². The highest BCUT2D eigenvalue weighted by molar-refractivity contribution is 6.30. The molecule has 0 aromatic heterocycles. The van der Waals surface area contributed by atoms with Crippen molar-refractivity contribution in [1.82, 2.24) is 10.6 Å². The van der Waals surface area contributed by atoms with E-state index in [1.165, 1.54) is 0 Å². The van der Waals surface area contributed by atoms with Gasteiger partial charge in [0.15, 0.2) is 0 Å². The molecule has 6 nitrogen and oxygen atoms in total. The number of halogens is 1. The van der Waals surface area contributed by atoms with Crippen molar-refractivity contribution in [1.29, 1.82) is 0 Å². The summed E-state index contributed by atoms with van der Waals surface area (Å²) in [4.78, 5) is 25.7. The summed E-state index contributed by atoms with van der Waals surface area (Å²) < 4.78 is 5.39. The van der Waals surface area contributed by atoms with Gasteiger partial charge in [0.05, 0.1) is 19.3 Å². The molecule has 1 unspecified atom stereocenters. The second-order valence-electron chi connectivity index (χ2n) is 6.31. The molecule has 0 radical (unpaired) electrons. The lowest BCUT2D eigenvalue weighted by Gasteiger charge is -2.21. The number of benzene rings is 1. The zero-order valence-electron chi connectivity index (χ0n) is 13.7. The van der Waals surface area contributed by atoms with Crippen LogP contribution in [0.2, 0.25) is 5.02 Å². The van der Waals surface area contributed by atoms with Crippen molar-refractivity contribution in [3.05, 3.63) is 23.2 Å². The van der Waals surface area contributed by atoms with Gasteiger partial charge in [0.1, 0.15) is 5.75 Å². The van der Waals surface area contributed by atoms with Crippen LogP contribution in [0.5, 0.6) is 5.75 Å². The molecule has 3 rings (SSSR count). The van der Waals surface area contributed by atoms with Crippen LogP contribution in [0.15, 0.2) is 18.2 Å². The van der Waals surface area contributed by atoms with Gasteiger partial charge in [-0.05, 0) is 37.5 Å². The highest BCUT2D eigenvalue weighted by atomic mass is 35.5. The van der Waals surface area contributed by atoms with Crippen LogP contribution < -0.4 is 20.3 Å². The van der Waals surface area contributed by atoms with Gasteiger partial charge >= 0.3 is 0 Å². The number of methoxy groups -OCH3 is 1. The lowest BCUT2D eigenvalue weighted by Crippen LogP contribution is -2.43. The summed E-state index contributed by atoms with van der Waals surface area (Å²) in [6, 6.07) is 5.57. The molecular weight excluding hydrogens is 330 g/mol. The minimum atomic E-state index is -0.145. The fourth-order valence-corrected chi connectivity index (χ4v) is 3.11. The molecule has 24 heavy (non-hydrogen) atoms. The first-order valence-electron chi connectivity index (χ1n) is 8.22. The molecule has 130 valence electrons. The predicted octanol–water partition coefficient (Wildman–Crippen LogP) is 1.57. The Balaban J connectivity index is 1.50. The van der Waals surface area contributed by atoms with Crippen molar-refractivity contribution in [2.75, 3.05) is 31.6 Å². The summed E-state index contributed by atoms with van der Waals surface area (Å²) in [5, 5.41) is 6.31. The Kier molecular flexibility index (Phi) is 5.14. The second kappa shape index (κ2) is 7.30. The molecule has 1 saturated heterocycles. The number of amides is 2. The summed E-state index contributed by atoms with van der Waals surface area (Å²) in [6.45, 7) is 1.56. The molecule has 0 bridgehead atoms. The fourth-order valence-electron chi connectivity index (χ4n) is 2.94. The molecule has 1 aliphatic carbocycles. The lowest BCUT2D eigenvalue weighted by molar-refractivity contribution is -0.127. The van der Waals surface area contributed by atoms with Gasteiger partial charge in [0.25, 0.3) is 0 Å². The maximum absolute atomic E-state index is 12.0. The third-order valence-electron chi connectivity index (χ3n) is 4.41. The number of ether oxygens (including phenoxy) is 1. The fraction of sp³-hybridized carbons (Fsp3) is 0.529. The number of hydrogen-bond acceptors (Lipinski definition) is 4. The Bertz CT molecular complexity index is 634. The van der Waals surface area contributed by atoms with Gasteiger partial charge in [0.2, 0.25) is 11.8 Å². The molecule has 1 aromatic rings. The van der Waals surface area contributed by atoms with E-state index in [0.717, 1.165) is 37.2 Å². The van der Waals surface area contributed by atoms with Gasteiger partial charge in [0, 0.05) is 30.1 Å². The molecule has 2 amide bonds. The van der Waals surface area contributed by atoms with Gasteiger partial charge in [-0.1, -0.05) is 11.6 Å². The topological polar surface area (TPSA) is 70.7 Å². The Morgan fingerprint density at radius 2 is 2.12 bits per heavy atom. The number of rotatable bonds is 6. The third kappa shape index (κ3) is 4.12. The maximum Gasteiger partial charge on any atom is 0.239 e. The molecule has 0 spiro atoms. The molecular formula is C17H22ClN3O3. The first-order chi connectivity index (χ1) is 11.6. The quantitative estimate of drug-likeness (QED) is 0.816. The minimum absolute atomic E-state index is 0.0122. The monoisotopic (exact) mass is 351 g/mol. The number of anilines is 1. The highest BCUT2D eigenvalue weighted by Gasteiger charge is 2.30. The molecule has 2 fully saturated rings. The van der Waals surface area contributed by atoms with Crippen molar-refractivity contribution in [2.45, 2.75) is 25.3 Å². The Morgan fingerprint density at radius 3 is 2.83 bits per heavy atom. The molecule has 2 aliphatic rings. The third-order valence-corrected chi connectivity index (χ3v) is 4.64. The largest absolute Gasteiger partial charge is 0.495 e. The SMILES string of the molecule is COc1ccc(Cl)cc1N1CCC(NC(=O)CNC(=O)C2CC2)C1. The van der Waals surface area contributed by atoms with Crippen molar-refractivity contribution >= 4 is 29.1 Å². The van der Waals surface area contributed by atoms with Crippen molar-refractivity contribution in [3.63, 3.8) is 0 Å². The minimum Gasteiger partial charge on any atom is -0.495 e. The zero-order chi connectivity index (χ0) is 17.1. The number of carbonyl (C=O) groups is 2. The van der Waals surface area contributed by atoms with Crippen molar-refractivity contribution in [3.8, 4) is 5.75 Å². The molecule has 1 saturated carbocycles. The molecule has 2 N–H and O–H groups in total. The molecule has 1 heterocycles. The normalized spacial score (nSPS) is 19.9. The summed E-state index contributed by atoms with van der Waals surface area (Å²) in [6.07, 6.45) is 2.72. The van der Waals surface area contributed by atoms with Crippen LogP contribution in [0.4, 0.5) is 5.69 Å². The van der Waals surface area contributed by atoms with Crippen molar-refractivity contribution < 1.29 is 14.3 Å². The maximum atomic E-state index is 12.0. The smallest absolute Gasteiger partial charge is 0.239 e. The van der Waals surface area contributed by atoms with Gasteiger partial charge in [-0.25, -0.2) is 0 Å². The van der Waals surface area contributed by atoms with Gasteiger partial charge in [-0.15, -0.1) is 0 Å². The lowest BCUT2D eigenvalue weighted by atomic mass is 10.2. The highest BCUT2D eigenvalue weighted by Crippen LogP contribution is 2.33. The van der Waals surface area contributed by atoms with E-state index in [1.54, 1.807) is 13.2 Å². The van der Waals surface area contributed by atoms with E-state index in [-0.39, 0.29) is 30.3 Å². The number of hydrogen-bond donors (Lipinski definition) is 2. The van der Waals surface area contributed by atoms with Crippen LogP contribution in [0, 0.1) is 5.92 Å². The van der Waals surface area contributed by atoms with Gasteiger partial charge in [-0.2, -0.15) is 0 Å². The van der Waals surface area contributed by atoms with E-state index in [0.29, 0.717) is 11.6 Å². The summed E-state index contributed by atoms with van der Waals surface area (Å²) in [7, 11) is 1.63. The first-order valence-corrected chi connectivity index (χ1v) is 8.60. The zero-order valence-corrected chi connectivity index (χ0v) is 14.4. The standard InChI is InChI=1S/C17H22ClN3O3/c1-24-15-5-4-12(18)8-14(15)21-7-6-13(10-21)20-16(22)9-19-17(23)11-2-3-11/h4-5,8,11,13H,2-3,6-7,9-10H2,1H3,(H,19,23)(H,20,22). The summed E-state index contributed by atoms with van der Waals surface area (Å²) >= 11 is 6.08. The van der Waals surface area contributed by atoms with Crippen molar-refractivity contribution in [2.24, 2.45) is 5.92 Å². The van der Waals surface area contributed by atoms with E-state index in [2.05, 4.69) is 15.5 Å². The Hall–Kier alpha value is -1.95. The van der Waals surface area contributed by atoms with E-state index >= 15 is 0 Å². The van der Waals surface area contributed by atoms with Crippen LogP contribution in [-0.2, 0) is 9.59 Å². The number of nitrogens with one attached hydrogen (secondary N) is 2. The van der Waals surface area contributed by atoms with E-state index in [9.17, 15) is 9.59 Å². The van der Waals surface area contributed by atoms with E-state index in [1.807, 2.05) is 12.1 Å². The summed E-state index contributed by atoms with van der Waals surface area (Å²) in [5.74, 6) is 0.730. The van der Waals surface area contributed by atoms with Crippen LogP contribution in [0.1, 0.15) is 19.3 Å². The Morgan fingerprint density at radius 1 is 1.33 bits per heavy atom. The number of carbonyl (C=O) groups excluding carboxylic acids is 2. The molecule has 1 aliphatic heterocycles. The predicted molar refractivity (Wildman–Crippen MR) is 92.5 cm³/mol. The second-order valence-corrected chi connectivity index (χ2v) is 6.74. The van der Waals surface area contributed by atoms with Crippen LogP contribution in [-0.4, -0.2) is 44.6 Å². The molecule has 1 aromatic carbocycles. The van der Waals surface area contributed by atoms with Gasteiger partial charge < -0.3 is 20.3 Å². The van der Waals surface area contributed by atoms with Crippen LogP contribution >= 0.6 is 11.6 Å². The van der Waals surface area contributed by atoms with E-state index < -0.39 is 0 Å². The molecule has 1 atom stereocenters. The van der Waals surface area contributed by atoms with Crippen LogP contribution in [0.3, 0.4) is 0 Å². The average Bonchev–Trinajstić information content (AvgIpc) is 3.32.